The molecule has 2 aromatic carbocycles. The number of halogens is 5. The Balaban J connectivity index is 1.02. The standard InChI is InChI=1S/C34H39F5N8OS/c1-40-32-29-7-5-23(19-30(29)45(2)44-32)22-9-14-46(15-10-22)13-3-4-24-18-27(6-8-28(24)31(35)36)49(48)47-16-11-26(12-17-47)43-33-41-20-25(21-42-33)34(37,38)39/h3-8,18-22,26,31H,9-17H2,1-2H3,(H,40,44)(H,41,42,43)/b4-3+. The zero-order chi connectivity index (χ0) is 34.7. The lowest BCUT2D eigenvalue weighted by molar-refractivity contribution is -0.138. The van der Waals surface area contributed by atoms with Crippen LogP contribution in [-0.4, -0.2) is 79.0 Å². The number of hydrogen-bond acceptors (Lipinski definition) is 7. The highest BCUT2D eigenvalue weighted by atomic mass is 32.2. The molecular formula is C34H39F5N8OS. The highest BCUT2D eigenvalue weighted by Crippen LogP contribution is 2.33. The quantitative estimate of drug-likeness (QED) is 0.175. The van der Waals surface area contributed by atoms with Crippen LogP contribution < -0.4 is 10.6 Å². The van der Waals surface area contributed by atoms with Crippen LogP contribution in [-0.2, 0) is 24.2 Å². The number of nitrogens with zero attached hydrogens (tertiary/aromatic N) is 6. The first kappa shape index (κ1) is 34.9. The monoisotopic (exact) mass is 702 g/mol. The number of nitrogens with one attached hydrogen (secondary N) is 2. The van der Waals surface area contributed by atoms with Crippen molar-refractivity contribution in [1.29, 1.82) is 0 Å². The number of rotatable bonds is 10. The van der Waals surface area contributed by atoms with E-state index >= 15 is 0 Å². The number of hydrogen-bond donors (Lipinski definition) is 2. The second kappa shape index (κ2) is 14.9. The van der Waals surface area contributed by atoms with E-state index in [1.54, 1.807) is 16.4 Å². The smallest absolute Gasteiger partial charge is 0.371 e. The predicted octanol–water partition coefficient (Wildman–Crippen LogP) is 6.85. The van der Waals surface area contributed by atoms with Gasteiger partial charge in [-0.2, -0.15) is 18.3 Å². The van der Waals surface area contributed by atoms with Crippen molar-refractivity contribution in [2.75, 3.05) is 50.4 Å². The van der Waals surface area contributed by atoms with Crippen LogP contribution in [0.5, 0.6) is 0 Å². The molecule has 0 amide bonds. The molecular weight excluding hydrogens is 663 g/mol. The van der Waals surface area contributed by atoms with Crippen molar-refractivity contribution in [2.45, 2.75) is 55.1 Å². The van der Waals surface area contributed by atoms with Gasteiger partial charge in [-0.1, -0.05) is 24.3 Å². The van der Waals surface area contributed by atoms with E-state index in [-0.39, 0.29) is 17.6 Å². The Morgan fingerprint density at radius 1 is 1.00 bits per heavy atom. The average molecular weight is 703 g/mol. The van der Waals surface area contributed by atoms with Crippen LogP contribution in [0.25, 0.3) is 17.0 Å². The lowest BCUT2D eigenvalue weighted by atomic mass is 9.89. The van der Waals surface area contributed by atoms with Gasteiger partial charge in [-0.3, -0.25) is 9.58 Å². The van der Waals surface area contributed by atoms with E-state index in [0.29, 0.717) is 48.9 Å². The Kier molecular flexibility index (Phi) is 10.6. The Labute approximate surface area is 284 Å². The number of alkyl halides is 5. The maximum atomic E-state index is 13.9. The molecule has 262 valence electrons. The molecule has 9 nitrogen and oxygen atoms in total. The van der Waals surface area contributed by atoms with Crippen molar-refractivity contribution in [1.82, 2.24) is 29.0 Å². The molecule has 49 heavy (non-hydrogen) atoms. The topological polar surface area (TPSA) is 91.2 Å². The number of likely N-dealkylation sites (tertiary alicyclic amines) is 1. The number of piperidine rings is 2. The lowest BCUT2D eigenvalue weighted by Crippen LogP contribution is -2.40. The van der Waals surface area contributed by atoms with E-state index in [0.717, 1.165) is 55.0 Å². The number of anilines is 2. The minimum absolute atomic E-state index is 0.0991. The van der Waals surface area contributed by atoms with Crippen LogP contribution in [0, 0.1) is 0 Å². The molecule has 0 spiro atoms. The van der Waals surface area contributed by atoms with Gasteiger partial charge in [0.05, 0.1) is 16.0 Å². The minimum atomic E-state index is -4.51. The van der Waals surface area contributed by atoms with E-state index in [4.69, 9.17) is 0 Å². The van der Waals surface area contributed by atoms with Gasteiger partial charge >= 0.3 is 6.18 Å². The van der Waals surface area contributed by atoms with Crippen LogP contribution in [0.15, 0.2) is 59.8 Å². The maximum absolute atomic E-state index is 13.9. The highest BCUT2D eigenvalue weighted by molar-refractivity contribution is 7.82. The van der Waals surface area contributed by atoms with Gasteiger partial charge in [0.25, 0.3) is 6.43 Å². The third-order valence-electron chi connectivity index (χ3n) is 9.33. The van der Waals surface area contributed by atoms with Crippen molar-refractivity contribution in [3.05, 3.63) is 77.1 Å². The van der Waals surface area contributed by atoms with Gasteiger partial charge in [-0.25, -0.2) is 27.3 Å². The van der Waals surface area contributed by atoms with Crippen molar-refractivity contribution in [3.8, 4) is 0 Å². The fraction of sp³-hybridized carbons (Fsp3) is 0.441. The van der Waals surface area contributed by atoms with Crippen molar-refractivity contribution >= 4 is 39.7 Å². The van der Waals surface area contributed by atoms with Gasteiger partial charge in [0.15, 0.2) is 5.82 Å². The average Bonchev–Trinajstić information content (AvgIpc) is 3.43. The summed E-state index contributed by atoms with van der Waals surface area (Å²) in [6.07, 6.45) is 1.00. The normalized spacial score (nSPS) is 18.1. The van der Waals surface area contributed by atoms with E-state index in [9.17, 15) is 26.2 Å². The summed E-state index contributed by atoms with van der Waals surface area (Å²) in [4.78, 5) is 10.3. The Hall–Kier alpha value is -3.95. The lowest BCUT2D eigenvalue weighted by Gasteiger charge is -2.31. The summed E-state index contributed by atoms with van der Waals surface area (Å²) in [5.41, 5.74) is 1.71. The third-order valence-corrected chi connectivity index (χ3v) is 10.8. The molecule has 0 bridgehead atoms. The van der Waals surface area contributed by atoms with E-state index in [1.165, 1.54) is 17.7 Å². The first-order valence-corrected chi connectivity index (χ1v) is 17.4. The van der Waals surface area contributed by atoms with Crippen LogP contribution in [0.2, 0.25) is 0 Å². The third kappa shape index (κ3) is 8.10. The molecule has 0 saturated carbocycles. The minimum Gasteiger partial charge on any atom is -0.371 e. The molecule has 15 heteroatoms. The number of aromatic nitrogens is 4. The van der Waals surface area contributed by atoms with Gasteiger partial charge in [0, 0.05) is 63.1 Å². The summed E-state index contributed by atoms with van der Waals surface area (Å²) in [7, 11) is 2.25. The summed E-state index contributed by atoms with van der Waals surface area (Å²) >= 11 is 0. The molecule has 2 aliphatic heterocycles. The van der Waals surface area contributed by atoms with Gasteiger partial charge in [0.2, 0.25) is 5.95 Å². The zero-order valence-electron chi connectivity index (χ0n) is 27.3. The predicted molar refractivity (Wildman–Crippen MR) is 181 cm³/mol. The van der Waals surface area contributed by atoms with Crippen LogP contribution in [0.3, 0.4) is 0 Å². The fourth-order valence-electron chi connectivity index (χ4n) is 6.54. The molecule has 0 aliphatic carbocycles. The van der Waals surface area contributed by atoms with Crippen molar-refractivity contribution in [3.63, 3.8) is 0 Å². The molecule has 4 heterocycles. The molecule has 0 radical (unpaired) electrons. The van der Waals surface area contributed by atoms with E-state index in [2.05, 4.69) is 48.8 Å². The van der Waals surface area contributed by atoms with Crippen molar-refractivity contribution < 1.29 is 26.2 Å². The number of benzene rings is 2. The molecule has 2 aromatic heterocycles. The summed E-state index contributed by atoms with van der Waals surface area (Å²) < 4.78 is 83.4. The largest absolute Gasteiger partial charge is 0.419 e. The maximum Gasteiger partial charge on any atom is 0.419 e. The van der Waals surface area contributed by atoms with E-state index in [1.807, 2.05) is 24.9 Å². The summed E-state index contributed by atoms with van der Waals surface area (Å²) in [6.45, 7) is 3.28. The molecule has 2 fully saturated rings. The molecule has 1 atom stereocenters. The molecule has 2 N–H and O–H groups in total. The SMILES string of the molecule is CNc1nn(C)c2cc(C3CCN(C/C=C/c4cc(S(=O)N5CCC(Nc6ncc(C(F)(F)F)cn6)CC5)ccc4C(F)F)CC3)ccc12. The molecule has 2 aliphatic rings. The van der Waals surface area contributed by atoms with Crippen LogP contribution in [0.4, 0.5) is 33.7 Å². The first-order chi connectivity index (χ1) is 23.5. The van der Waals surface area contributed by atoms with Gasteiger partial charge in [-0.15, -0.1) is 0 Å². The van der Waals surface area contributed by atoms with Gasteiger partial charge in [-0.05, 0) is 80.1 Å². The number of fused-ring (bicyclic) bond motifs is 1. The zero-order valence-corrected chi connectivity index (χ0v) is 28.1. The second-order valence-electron chi connectivity index (χ2n) is 12.5. The molecule has 2 saturated heterocycles. The Morgan fingerprint density at radius 3 is 2.37 bits per heavy atom. The summed E-state index contributed by atoms with van der Waals surface area (Å²) in [5.74, 6) is 1.40. The Bertz CT molecular complexity index is 1800. The molecule has 1 unspecified atom stereocenters. The second-order valence-corrected chi connectivity index (χ2v) is 13.9. The van der Waals surface area contributed by atoms with Gasteiger partial charge < -0.3 is 10.6 Å². The number of aryl methyl sites for hydroxylation is 1. The fourth-order valence-corrected chi connectivity index (χ4v) is 7.79. The van der Waals surface area contributed by atoms with Gasteiger partial charge in [0.1, 0.15) is 11.0 Å². The highest BCUT2D eigenvalue weighted by Gasteiger charge is 2.32. The van der Waals surface area contributed by atoms with E-state index < -0.39 is 29.2 Å². The van der Waals surface area contributed by atoms with Crippen LogP contribution in [0.1, 0.15) is 60.3 Å². The summed E-state index contributed by atoms with van der Waals surface area (Å²) in [6, 6.07) is 10.8. The summed E-state index contributed by atoms with van der Waals surface area (Å²) in [5, 5.41) is 11.8. The first-order valence-electron chi connectivity index (χ1n) is 16.3. The molecule has 4 aromatic rings. The van der Waals surface area contributed by atoms with Crippen molar-refractivity contribution in [2.24, 2.45) is 7.05 Å². The Morgan fingerprint density at radius 2 is 1.71 bits per heavy atom. The molecule has 6 rings (SSSR count). The van der Waals surface area contributed by atoms with Crippen LogP contribution >= 0.6 is 0 Å².